The highest BCUT2D eigenvalue weighted by molar-refractivity contribution is 5.60. The van der Waals surface area contributed by atoms with Crippen molar-refractivity contribution in [2.75, 3.05) is 0 Å². The van der Waals surface area contributed by atoms with E-state index in [-0.39, 0.29) is 23.0 Å². The first-order valence-electron chi connectivity index (χ1n) is 7.03. The molecule has 122 valence electrons. The Morgan fingerprint density at radius 3 is 2.42 bits per heavy atom. The first kappa shape index (κ1) is 15.5. The van der Waals surface area contributed by atoms with E-state index in [1.807, 2.05) is 0 Å². The van der Waals surface area contributed by atoms with Crippen LogP contribution in [-0.4, -0.2) is 29.2 Å². The van der Waals surface area contributed by atoms with Crippen molar-refractivity contribution in [2.24, 2.45) is 7.05 Å². The van der Waals surface area contributed by atoms with E-state index in [4.69, 9.17) is 0 Å². The van der Waals surface area contributed by atoms with E-state index in [1.54, 1.807) is 6.92 Å². The maximum absolute atomic E-state index is 12.3. The Hall–Kier alpha value is -3.43. The molecule has 1 aromatic rings. The Morgan fingerprint density at radius 2 is 1.83 bits per heavy atom. The van der Waals surface area contributed by atoms with Crippen LogP contribution in [0.2, 0.25) is 0 Å². The molecule has 0 saturated heterocycles. The molecule has 10 nitrogen and oxygen atoms in total. The summed E-state index contributed by atoms with van der Waals surface area (Å²) in [5, 5.41) is 15.0. The van der Waals surface area contributed by atoms with Gasteiger partial charge in [0, 0.05) is 31.3 Å². The average Bonchev–Trinajstić information content (AvgIpc) is 2.59. The molecule has 0 aliphatic carbocycles. The second-order valence-electron chi connectivity index (χ2n) is 4.99. The van der Waals surface area contributed by atoms with Crippen LogP contribution in [0.15, 0.2) is 33.9 Å². The van der Waals surface area contributed by atoms with E-state index in [1.165, 1.54) is 36.0 Å². The van der Waals surface area contributed by atoms with Gasteiger partial charge >= 0.3 is 5.69 Å². The summed E-state index contributed by atoms with van der Waals surface area (Å²) in [6, 6.07) is 5.66. The van der Waals surface area contributed by atoms with Crippen LogP contribution in [0.25, 0.3) is 22.9 Å². The second-order valence-corrected chi connectivity index (χ2v) is 4.99. The first-order valence-corrected chi connectivity index (χ1v) is 7.03. The van der Waals surface area contributed by atoms with Crippen LogP contribution in [0.5, 0.6) is 0 Å². The molecular formula is C14H12N6O4. The van der Waals surface area contributed by atoms with Crippen molar-refractivity contribution < 1.29 is 4.92 Å². The molecule has 0 saturated carbocycles. The van der Waals surface area contributed by atoms with E-state index >= 15 is 0 Å². The number of aryl methyl sites for hydroxylation is 1. The van der Waals surface area contributed by atoms with Crippen LogP contribution in [0.3, 0.4) is 0 Å². The van der Waals surface area contributed by atoms with E-state index in [2.05, 4.69) is 15.1 Å². The van der Waals surface area contributed by atoms with Crippen LogP contribution in [0, 0.1) is 10.1 Å². The number of hydrogen-bond acceptors (Lipinski definition) is 7. The highest BCUT2D eigenvalue weighted by atomic mass is 16.6. The van der Waals surface area contributed by atoms with Gasteiger partial charge in [0.1, 0.15) is 0 Å². The minimum absolute atomic E-state index is 0.0160. The zero-order chi connectivity index (χ0) is 17.4. The molecular weight excluding hydrogens is 316 g/mol. The minimum atomic E-state index is -0.679. The molecule has 0 fully saturated rings. The number of non-ortho nitro benzene ring substituents is 1. The summed E-state index contributed by atoms with van der Waals surface area (Å²) in [5.41, 5.74) is -0.782. The second kappa shape index (κ2) is 5.65. The van der Waals surface area contributed by atoms with Crippen LogP contribution < -0.4 is 11.2 Å². The van der Waals surface area contributed by atoms with Gasteiger partial charge in [0.15, 0.2) is 17.3 Å². The van der Waals surface area contributed by atoms with Crippen LogP contribution in [-0.2, 0) is 13.6 Å². The number of rotatable bonds is 3. The van der Waals surface area contributed by atoms with E-state index in [0.29, 0.717) is 12.1 Å². The Morgan fingerprint density at radius 1 is 1.17 bits per heavy atom. The number of fused-ring (bicyclic) bond motifs is 1. The van der Waals surface area contributed by atoms with Gasteiger partial charge in [-0.1, -0.05) is 0 Å². The summed E-state index contributed by atoms with van der Waals surface area (Å²) >= 11 is 0. The standard InChI is InChI=1S/C14H12N6O4/c1-3-19-12-10(13(21)18(2)14(22)16-12)15-11(17-19)8-4-6-9(7-5-8)20(23)24/h4-7H,3H2,1-2H3. The van der Waals surface area contributed by atoms with Crippen LogP contribution >= 0.6 is 0 Å². The monoisotopic (exact) mass is 328 g/mol. The molecule has 0 unspecified atom stereocenters. The van der Waals surface area contributed by atoms with Crippen molar-refractivity contribution in [3.8, 4) is 22.9 Å². The first-order chi connectivity index (χ1) is 11.4. The van der Waals surface area contributed by atoms with Gasteiger partial charge in [-0.2, -0.15) is 10.1 Å². The van der Waals surface area contributed by atoms with Crippen molar-refractivity contribution in [3.05, 3.63) is 55.2 Å². The third-order valence-electron chi connectivity index (χ3n) is 3.52. The van der Waals surface area contributed by atoms with Crippen LogP contribution in [0.1, 0.15) is 6.92 Å². The normalized spacial score (nSPS) is 10.9. The molecule has 0 N–H and O–H groups in total. The molecule has 1 aromatic carbocycles. The predicted molar refractivity (Wildman–Crippen MR) is 83.7 cm³/mol. The molecule has 0 spiro atoms. The molecule has 24 heavy (non-hydrogen) atoms. The number of nitrogens with zero attached hydrogens (tertiary/aromatic N) is 6. The number of aromatic nitrogens is 5. The molecule has 0 radical (unpaired) electrons. The third kappa shape index (κ3) is 2.43. The van der Waals surface area contributed by atoms with E-state index < -0.39 is 16.2 Å². The smallest absolute Gasteiger partial charge is 0.267 e. The SMILES string of the molecule is CCn1nc(-c2ccc([N+](=O)[O-])cc2)nc2c(=O)n(C)c(=O)nc1-2. The summed E-state index contributed by atoms with van der Waals surface area (Å²) in [6.07, 6.45) is 0. The van der Waals surface area contributed by atoms with E-state index in [9.17, 15) is 19.7 Å². The zero-order valence-electron chi connectivity index (χ0n) is 12.8. The Kier molecular flexibility index (Phi) is 3.64. The van der Waals surface area contributed by atoms with Gasteiger partial charge < -0.3 is 0 Å². The lowest BCUT2D eigenvalue weighted by Gasteiger charge is -2.13. The quantitative estimate of drug-likeness (QED) is 0.504. The lowest BCUT2D eigenvalue weighted by molar-refractivity contribution is -0.384. The van der Waals surface area contributed by atoms with Crippen molar-refractivity contribution in [1.29, 1.82) is 0 Å². The molecule has 2 heterocycles. The number of nitro benzene ring substituents is 1. The predicted octanol–water partition coefficient (Wildman–Crippen LogP) is 0.432. The highest BCUT2D eigenvalue weighted by Gasteiger charge is 2.20. The maximum atomic E-state index is 12.3. The van der Waals surface area contributed by atoms with Gasteiger partial charge in [-0.05, 0) is 19.1 Å². The molecule has 0 atom stereocenters. The van der Waals surface area contributed by atoms with Gasteiger partial charge in [-0.25, -0.2) is 14.5 Å². The average molecular weight is 328 g/mol. The molecule has 0 aromatic heterocycles. The third-order valence-corrected chi connectivity index (χ3v) is 3.52. The van der Waals surface area contributed by atoms with Gasteiger partial charge in [-0.3, -0.25) is 19.5 Å². The molecule has 0 bridgehead atoms. The van der Waals surface area contributed by atoms with E-state index in [0.717, 1.165) is 4.57 Å². The highest BCUT2D eigenvalue weighted by Crippen LogP contribution is 2.21. The Balaban J connectivity index is 2.26. The number of nitro groups is 1. The Labute approximate surface area is 134 Å². The van der Waals surface area contributed by atoms with Gasteiger partial charge in [0.25, 0.3) is 11.2 Å². The van der Waals surface area contributed by atoms with Crippen molar-refractivity contribution in [3.63, 3.8) is 0 Å². The summed E-state index contributed by atoms with van der Waals surface area (Å²) in [7, 11) is 1.32. The lowest BCUT2D eigenvalue weighted by Crippen LogP contribution is -2.37. The lowest BCUT2D eigenvalue weighted by atomic mass is 10.2. The fourth-order valence-corrected chi connectivity index (χ4v) is 2.20. The fraction of sp³-hybridized carbons (Fsp3) is 0.214. The summed E-state index contributed by atoms with van der Waals surface area (Å²) in [4.78, 5) is 42.2. The summed E-state index contributed by atoms with van der Waals surface area (Å²) in [6.45, 7) is 2.16. The van der Waals surface area contributed by atoms with Crippen LogP contribution in [0.4, 0.5) is 5.69 Å². The largest absolute Gasteiger partial charge is 0.352 e. The molecule has 2 aliphatic rings. The zero-order valence-corrected chi connectivity index (χ0v) is 12.8. The molecule has 0 amide bonds. The van der Waals surface area contributed by atoms with Crippen molar-refractivity contribution >= 4 is 5.69 Å². The van der Waals surface area contributed by atoms with Crippen molar-refractivity contribution in [1.82, 2.24) is 24.3 Å². The van der Waals surface area contributed by atoms with Gasteiger partial charge in [0.2, 0.25) is 0 Å². The minimum Gasteiger partial charge on any atom is -0.267 e. The number of hydrogen-bond donors (Lipinski definition) is 0. The molecule has 2 aliphatic heterocycles. The summed E-state index contributed by atoms with van der Waals surface area (Å²) in [5.74, 6) is 0.327. The molecule has 3 rings (SSSR count). The maximum Gasteiger partial charge on any atom is 0.352 e. The Bertz CT molecular complexity index is 1020. The topological polar surface area (TPSA) is 126 Å². The molecule has 10 heteroatoms. The van der Waals surface area contributed by atoms with Crippen molar-refractivity contribution in [2.45, 2.75) is 13.5 Å². The summed E-state index contributed by atoms with van der Waals surface area (Å²) < 4.78 is 2.27. The fourth-order valence-electron chi connectivity index (χ4n) is 2.20. The van der Waals surface area contributed by atoms with Gasteiger partial charge in [-0.15, -0.1) is 0 Å². The number of benzene rings is 1. The van der Waals surface area contributed by atoms with Gasteiger partial charge in [0.05, 0.1) is 4.92 Å².